The first-order valence-electron chi connectivity index (χ1n) is 7.23. The number of rotatable bonds is 3. The van der Waals surface area contributed by atoms with Crippen molar-refractivity contribution in [2.75, 3.05) is 13.7 Å². The molecule has 22 heavy (non-hydrogen) atoms. The number of hydrogen-bond donors (Lipinski definition) is 0. The summed E-state index contributed by atoms with van der Waals surface area (Å²) in [6.07, 6.45) is 5.76. The zero-order chi connectivity index (χ0) is 15.7. The molecule has 0 spiro atoms. The second-order valence-electron chi connectivity index (χ2n) is 5.45. The number of aromatic nitrogens is 2. The van der Waals surface area contributed by atoms with Crippen LogP contribution in [-0.2, 0) is 7.05 Å². The highest BCUT2D eigenvalue weighted by molar-refractivity contribution is 6.32. The minimum Gasteiger partial charge on any atom is -0.495 e. The van der Waals surface area contributed by atoms with Crippen molar-refractivity contribution in [1.29, 1.82) is 0 Å². The number of ether oxygens (including phenoxy) is 1. The molecule has 1 aromatic carbocycles. The number of carbonyl (C=O) groups is 1. The molecule has 0 aliphatic carbocycles. The summed E-state index contributed by atoms with van der Waals surface area (Å²) in [6.45, 7) is 0.753. The van der Waals surface area contributed by atoms with Crippen LogP contribution in [-0.4, -0.2) is 34.2 Å². The van der Waals surface area contributed by atoms with E-state index in [4.69, 9.17) is 16.3 Å². The van der Waals surface area contributed by atoms with Gasteiger partial charge in [-0.25, -0.2) is 0 Å². The Kier molecular flexibility index (Phi) is 4.07. The van der Waals surface area contributed by atoms with E-state index in [0.717, 1.165) is 24.9 Å². The number of hydrogen-bond acceptors (Lipinski definition) is 3. The smallest absolute Gasteiger partial charge is 0.254 e. The van der Waals surface area contributed by atoms with E-state index in [0.29, 0.717) is 16.3 Å². The van der Waals surface area contributed by atoms with Crippen molar-refractivity contribution in [1.82, 2.24) is 14.7 Å². The minimum absolute atomic E-state index is 0.00122. The maximum absolute atomic E-state index is 12.8. The molecule has 1 aliphatic heterocycles. The molecule has 116 valence electrons. The van der Waals surface area contributed by atoms with Crippen LogP contribution in [0, 0.1) is 0 Å². The van der Waals surface area contributed by atoms with E-state index in [-0.39, 0.29) is 11.9 Å². The van der Waals surface area contributed by atoms with Crippen LogP contribution in [0.3, 0.4) is 0 Å². The molecule has 0 bridgehead atoms. The van der Waals surface area contributed by atoms with Gasteiger partial charge in [-0.2, -0.15) is 5.10 Å². The molecule has 1 aliphatic rings. The normalized spacial score (nSPS) is 17.8. The summed E-state index contributed by atoms with van der Waals surface area (Å²) in [5, 5.41) is 4.71. The van der Waals surface area contributed by atoms with Crippen molar-refractivity contribution in [2.24, 2.45) is 7.05 Å². The Hall–Kier alpha value is -2.01. The molecule has 6 heteroatoms. The maximum atomic E-state index is 12.8. The molecule has 1 amide bonds. The molecular formula is C16H18ClN3O2. The summed E-state index contributed by atoms with van der Waals surface area (Å²) in [5.74, 6) is 0.519. The van der Waals surface area contributed by atoms with E-state index in [9.17, 15) is 4.79 Å². The third-order valence-corrected chi connectivity index (χ3v) is 4.33. The van der Waals surface area contributed by atoms with Crippen LogP contribution >= 0.6 is 11.6 Å². The van der Waals surface area contributed by atoms with Gasteiger partial charge in [-0.15, -0.1) is 0 Å². The Balaban J connectivity index is 1.87. The van der Waals surface area contributed by atoms with Gasteiger partial charge in [0.15, 0.2) is 0 Å². The lowest BCUT2D eigenvalue weighted by atomic mass is 10.1. The van der Waals surface area contributed by atoms with Gasteiger partial charge < -0.3 is 9.64 Å². The molecule has 2 heterocycles. The molecule has 5 nitrogen and oxygen atoms in total. The highest BCUT2D eigenvalue weighted by Crippen LogP contribution is 2.34. The molecule has 0 unspecified atom stereocenters. The highest BCUT2D eigenvalue weighted by Gasteiger charge is 2.31. The molecule has 1 fully saturated rings. The maximum Gasteiger partial charge on any atom is 0.254 e. The SMILES string of the molecule is COc1cc(C(=O)N2CCC[C@@H]2c2cnn(C)c2)ccc1Cl. The number of aryl methyl sites for hydroxylation is 1. The van der Waals surface area contributed by atoms with Crippen LogP contribution in [0.4, 0.5) is 0 Å². The fraction of sp³-hybridized carbons (Fsp3) is 0.375. The Bertz CT molecular complexity index is 698. The molecular weight excluding hydrogens is 302 g/mol. The zero-order valence-electron chi connectivity index (χ0n) is 12.6. The quantitative estimate of drug-likeness (QED) is 0.873. The van der Waals surface area contributed by atoms with Gasteiger partial charge in [0.2, 0.25) is 0 Å². The van der Waals surface area contributed by atoms with Gasteiger partial charge >= 0.3 is 0 Å². The number of carbonyl (C=O) groups excluding carboxylic acids is 1. The summed E-state index contributed by atoms with van der Waals surface area (Å²) < 4.78 is 6.96. The Morgan fingerprint density at radius 2 is 2.27 bits per heavy atom. The predicted molar refractivity (Wildman–Crippen MR) is 84.2 cm³/mol. The average Bonchev–Trinajstić information content (AvgIpc) is 3.15. The second kappa shape index (κ2) is 6.01. The molecule has 2 aromatic rings. The topological polar surface area (TPSA) is 47.4 Å². The van der Waals surface area contributed by atoms with Gasteiger partial charge in [0.05, 0.1) is 24.4 Å². The van der Waals surface area contributed by atoms with Crippen molar-refractivity contribution in [3.63, 3.8) is 0 Å². The van der Waals surface area contributed by atoms with E-state index in [1.54, 1.807) is 30.0 Å². The van der Waals surface area contributed by atoms with Gasteiger partial charge in [0.25, 0.3) is 5.91 Å². The highest BCUT2D eigenvalue weighted by atomic mass is 35.5. The molecule has 3 rings (SSSR count). The molecule has 1 aromatic heterocycles. The summed E-state index contributed by atoms with van der Waals surface area (Å²) in [4.78, 5) is 14.7. The van der Waals surface area contributed by atoms with Gasteiger partial charge in [-0.1, -0.05) is 11.6 Å². The summed E-state index contributed by atoms with van der Waals surface area (Å²) in [6, 6.07) is 5.22. The fourth-order valence-corrected chi connectivity index (χ4v) is 3.12. The van der Waals surface area contributed by atoms with Crippen LogP contribution in [0.1, 0.15) is 34.8 Å². The molecule has 0 saturated carbocycles. The third kappa shape index (κ3) is 2.68. The molecule has 1 atom stereocenters. The van der Waals surface area contributed by atoms with Crippen molar-refractivity contribution >= 4 is 17.5 Å². The fourth-order valence-electron chi connectivity index (χ4n) is 2.93. The van der Waals surface area contributed by atoms with Crippen LogP contribution in [0.15, 0.2) is 30.6 Å². The van der Waals surface area contributed by atoms with E-state index in [2.05, 4.69) is 5.10 Å². The zero-order valence-corrected chi connectivity index (χ0v) is 13.4. The van der Waals surface area contributed by atoms with Crippen molar-refractivity contribution in [2.45, 2.75) is 18.9 Å². The summed E-state index contributed by atoms with van der Waals surface area (Å²) in [7, 11) is 3.43. The van der Waals surface area contributed by atoms with Crippen LogP contribution in [0.5, 0.6) is 5.75 Å². The van der Waals surface area contributed by atoms with Crippen LogP contribution in [0.25, 0.3) is 0 Å². The van der Waals surface area contributed by atoms with Crippen LogP contribution < -0.4 is 4.74 Å². The number of nitrogens with zero attached hydrogens (tertiary/aromatic N) is 3. The van der Waals surface area contributed by atoms with Gasteiger partial charge in [-0.3, -0.25) is 9.48 Å². The first kappa shape index (κ1) is 14.9. The van der Waals surface area contributed by atoms with E-state index >= 15 is 0 Å². The van der Waals surface area contributed by atoms with Gasteiger partial charge in [0, 0.05) is 30.9 Å². The Labute approximate surface area is 134 Å². The number of methoxy groups -OCH3 is 1. The van der Waals surface area contributed by atoms with E-state index in [1.807, 2.05) is 24.3 Å². The molecule has 0 N–H and O–H groups in total. The summed E-state index contributed by atoms with van der Waals surface area (Å²) in [5.41, 5.74) is 1.67. The number of benzene rings is 1. The third-order valence-electron chi connectivity index (χ3n) is 4.02. The average molecular weight is 320 g/mol. The summed E-state index contributed by atoms with van der Waals surface area (Å²) >= 11 is 6.03. The van der Waals surface area contributed by atoms with Crippen molar-refractivity contribution in [3.8, 4) is 5.75 Å². The first-order chi connectivity index (χ1) is 10.6. The largest absolute Gasteiger partial charge is 0.495 e. The second-order valence-corrected chi connectivity index (χ2v) is 5.86. The van der Waals surface area contributed by atoms with E-state index in [1.165, 1.54) is 0 Å². The lowest BCUT2D eigenvalue weighted by Gasteiger charge is -2.24. The minimum atomic E-state index is 0.00122. The predicted octanol–water partition coefficient (Wildman–Crippen LogP) is 3.06. The lowest BCUT2D eigenvalue weighted by Crippen LogP contribution is -2.30. The number of halogens is 1. The van der Waals surface area contributed by atoms with Gasteiger partial charge in [0.1, 0.15) is 5.75 Å². The number of likely N-dealkylation sites (tertiary alicyclic amines) is 1. The Morgan fingerprint density at radius 1 is 1.45 bits per heavy atom. The lowest BCUT2D eigenvalue weighted by molar-refractivity contribution is 0.0735. The van der Waals surface area contributed by atoms with Crippen molar-refractivity contribution < 1.29 is 9.53 Å². The standard InChI is InChI=1S/C16H18ClN3O2/c1-19-10-12(9-18-19)14-4-3-7-20(14)16(21)11-5-6-13(17)15(8-11)22-2/h5-6,8-10,14H,3-4,7H2,1-2H3/t14-/m1/s1. The van der Waals surface area contributed by atoms with Crippen LogP contribution in [0.2, 0.25) is 5.02 Å². The molecule has 1 saturated heterocycles. The number of amides is 1. The van der Waals surface area contributed by atoms with Crippen molar-refractivity contribution in [3.05, 3.63) is 46.7 Å². The first-order valence-corrected chi connectivity index (χ1v) is 7.61. The molecule has 0 radical (unpaired) electrons. The van der Waals surface area contributed by atoms with E-state index < -0.39 is 0 Å². The van der Waals surface area contributed by atoms with Gasteiger partial charge in [-0.05, 0) is 31.0 Å². The monoisotopic (exact) mass is 319 g/mol. The Morgan fingerprint density at radius 3 is 2.95 bits per heavy atom.